The molecule has 0 amide bonds. The van der Waals surface area contributed by atoms with Crippen molar-refractivity contribution in [1.82, 2.24) is 0 Å². The number of methoxy groups -OCH3 is 1. The van der Waals surface area contributed by atoms with E-state index in [-0.39, 0.29) is 5.82 Å². The van der Waals surface area contributed by atoms with Crippen molar-refractivity contribution in [2.75, 3.05) is 12.4 Å². The number of halogens is 2. The van der Waals surface area contributed by atoms with Crippen molar-refractivity contribution in [3.05, 3.63) is 58.3 Å². The van der Waals surface area contributed by atoms with Gasteiger partial charge in [0.15, 0.2) is 0 Å². The standard InChI is InChI=1S/C17H17BrFNO/c1-21-17-10-14(5-6-16(17)18)20-15-8-12(9-15)11-3-2-4-13(19)7-11/h2-7,10,12,15,20H,8-9H2,1H3. The van der Waals surface area contributed by atoms with Crippen LogP contribution in [0.1, 0.15) is 24.3 Å². The Hall–Kier alpha value is -1.55. The molecule has 0 atom stereocenters. The van der Waals surface area contributed by atoms with E-state index < -0.39 is 0 Å². The number of benzene rings is 2. The largest absolute Gasteiger partial charge is 0.495 e. The first kappa shape index (κ1) is 14.4. The van der Waals surface area contributed by atoms with Crippen molar-refractivity contribution >= 4 is 21.6 Å². The molecule has 1 saturated carbocycles. The van der Waals surface area contributed by atoms with Crippen LogP contribution in [-0.4, -0.2) is 13.2 Å². The first-order valence-corrected chi connectivity index (χ1v) is 7.80. The summed E-state index contributed by atoms with van der Waals surface area (Å²) in [6, 6.07) is 13.3. The van der Waals surface area contributed by atoms with Crippen molar-refractivity contribution in [3.8, 4) is 5.75 Å². The van der Waals surface area contributed by atoms with Gasteiger partial charge in [-0.05, 0) is 64.5 Å². The minimum atomic E-state index is -0.151. The Labute approximate surface area is 132 Å². The number of ether oxygens (including phenoxy) is 1. The van der Waals surface area contributed by atoms with E-state index in [1.165, 1.54) is 6.07 Å². The van der Waals surface area contributed by atoms with Gasteiger partial charge >= 0.3 is 0 Å². The van der Waals surface area contributed by atoms with Crippen molar-refractivity contribution in [2.45, 2.75) is 24.8 Å². The van der Waals surface area contributed by atoms with Gasteiger partial charge in [0.2, 0.25) is 0 Å². The van der Waals surface area contributed by atoms with Gasteiger partial charge in [0, 0.05) is 17.8 Å². The highest BCUT2D eigenvalue weighted by Gasteiger charge is 2.30. The molecule has 0 aliphatic heterocycles. The Morgan fingerprint density at radius 3 is 2.71 bits per heavy atom. The molecule has 2 aromatic carbocycles. The summed E-state index contributed by atoms with van der Waals surface area (Å²) >= 11 is 3.45. The molecule has 1 fully saturated rings. The van der Waals surface area contributed by atoms with Crippen LogP contribution in [0.5, 0.6) is 5.75 Å². The van der Waals surface area contributed by atoms with Crippen LogP contribution in [-0.2, 0) is 0 Å². The minimum absolute atomic E-state index is 0.151. The van der Waals surface area contributed by atoms with Crippen LogP contribution in [0.25, 0.3) is 0 Å². The van der Waals surface area contributed by atoms with E-state index in [1.807, 2.05) is 24.3 Å². The van der Waals surface area contributed by atoms with Crippen LogP contribution in [0.4, 0.5) is 10.1 Å². The second-order valence-corrected chi connectivity index (χ2v) is 6.27. The summed E-state index contributed by atoms with van der Waals surface area (Å²) in [6.45, 7) is 0. The fraction of sp³-hybridized carbons (Fsp3) is 0.294. The van der Waals surface area contributed by atoms with Crippen molar-refractivity contribution in [2.24, 2.45) is 0 Å². The van der Waals surface area contributed by atoms with Crippen LogP contribution >= 0.6 is 15.9 Å². The second kappa shape index (κ2) is 6.06. The fourth-order valence-electron chi connectivity index (χ4n) is 2.75. The normalized spacial score (nSPS) is 20.7. The smallest absolute Gasteiger partial charge is 0.135 e. The molecular weight excluding hydrogens is 333 g/mol. The maximum absolute atomic E-state index is 13.2. The van der Waals surface area contributed by atoms with Gasteiger partial charge in [-0.15, -0.1) is 0 Å². The minimum Gasteiger partial charge on any atom is -0.495 e. The topological polar surface area (TPSA) is 21.3 Å². The molecular formula is C17H17BrFNO. The van der Waals surface area contributed by atoms with E-state index in [0.29, 0.717) is 12.0 Å². The molecule has 0 saturated heterocycles. The molecule has 0 aromatic heterocycles. The summed E-state index contributed by atoms with van der Waals surface area (Å²) in [7, 11) is 1.66. The zero-order valence-corrected chi connectivity index (χ0v) is 13.4. The quantitative estimate of drug-likeness (QED) is 0.842. The Balaban J connectivity index is 1.60. The van der Waals surface area contributed by atoms with Crippen LogP contribution < -0.4 is 10.1 Å². The summed E-state index contributed by atoms with van der Waals surface area (Å²) in [5, 5.41) is 3.50. The maximum Gasteiger partial charge on any atom is 0.135 e. The summed E-state index contributed by atoms with van der Waals surface area (Å²) < 4.78 is 19.5. The van der Waals surface area contributed by atoms with Crippen molar-refractivity contribution in [1.29, 1.82) is 0 Å². The van der Waals surface area contributed by atoms with Crippen LogP contribution in [0.15, 0.2) is 46.9 Å². The van der Waals surface area contributed by atoms with E-state index in [9.17, 15) is 4.39 Å². The predicted octanol–water partition coefficient (Wildman–Crippen LogP) is 4.95. The van der Waals surface area contributed by atoms with Crippen molar-refractivity contribution < 1.29 is 9.13 Å². The van der Waals surface area contributed by atoms with Gasteiger partial charge in [-0.25, -0.2) is 4.39 Å². The number of rotatable bonds is 4. The molecule has 1 aliphatic carbocycles. The summed E-state index contributed by atoms with van der Waals surface area (Å²) in [6.07, 6.45) is 2.06. The molecule has 0 bridgehead atoms. The fourth-order valence-corrected chi connectivity index (χ4v) is 3.16. The van der Waals surface area contributed by atoms with Crippen molar-refractivity contribution in [3.63, 3.8) is 0 Å². The third-order valence-electron chi connectivity index (χ3n) is 3.98. The van der Waals surface area contributed by atoms with Crippen LogP contribution in [0.2, 0.25) is 0 Å². The van der Waals surface area contributed by atoms with Gasteiger partial charge in [-0.2, -0.15) is 0 Å². The third kappa shape index (κ3) is 3.21. The lowest BCUT2D eigenvalue weighted by atomic mass is 9.76. The van der Waals surface area contributed by atoms with E-state index in [4.69, 9.17) is 4.74 Å². The third-order valence-corrected chi connectivity index (χ3v) is 4.64. The van der Waals surface area contributed by atoms with E-state index >= 15 is 0 Å². The SMILES string of the molecule is COc1cc(NC2CC(c3cccc(F)c3)C2)ccc1Br. The molecule has 1 N–H and O–H groups in total. The Morgan fingerprint density at radius 1 is 1.19 bits per heavy atom. The lowest BCUT2D eigenvalue weighted by molar-refractivity contribution is 0.372. The average molecular weight is 350 g/mol. The predicted molar refractivity (Wildman–Crippen MR) is 86.5 cm³/mol. The molecule has 110 valence electrons. The molecule has 0 spiro atoms. The monoisotopic (exact) mass is 349 g/mol. The molecule has 2 aromatic rings. The highest BCUT2D eigenvalue weighted by atomic mass is 79.9. The summed E-state index contributed by atoms with van der Waals surface area (Å²) in [5.74, 6) is 1.12. The van der Waals surface area contributed by atoms with Crippen LogP contribution in [0, 0.1) is 5.82 Å². The molecule has 1 aliphatic rings. The first-order valence-electron chi connectivity index (χ1n) is 7.01. The van der Waals surface area contributed by atoms with Gasteiger partial charge < -0.3 is 10.1 Å². The average Bonchev–Trinajstić information content (AvgIpc) is 2.44. The molecule has 3 rings (SSSR count). The number of hydrogen-bond donors (Lipinski definition) is 1. The van der Waals surface area contributed by atoms with E-state index in [1.54, 1.807) is 19.2 Å². The highest BCUT2D eigenvalue weighted by molar-refractivity contribution is 9.10. The number of nitrogens with one attached hydrogen (secondary N) is 1. The molecule has 2 nitrogen and oxygen atoms in total. The first-order chi connectivity index (χ1) is 10.2. The second-order valence-electron chi connectivity index (χ2n) is 5.41. The summed E-state index contributed by atoms with van der Waals surface area (Å²) in [5.41, 5.74) is 2.15. The molecule has 4 heteroatoms. The maximum atomic E-state index is 13.2. The zero-order chi connectivity index (χ0) is 14.8. The molecule has 0 unspecified atom stereocenters. The summed E-state index contributed by atoms with van der Waals surface area (Å²) in [4.78, 5) is 0. The van der Waals surface area contributed by atoms with Gasteiger partial charge in [-0.3, -0.25) is 0 Å². The van der Waals surface area contributed by atoms with Crippen LogP contribution in [0.3, 0.4) is 0 Å². The number of anilines is 1. The van der Waals surface area contributed by atoms with E-state index in [0.717, 1.165) is 34.3 Å². The van der Waals surface area contributed by atoms with Gasteiger partial charge in [0.1, 0.15) is 11.6 Å². The lowest BCUT2D eigenvalue weighted by Gasteiger charge is -2.37. The molecule has 0 heterocycles. The Morgan fingerprint density at radius 2 is 2.00 bits per heavy atom. The zero-order valence-electron chi connectivity index (χ0n) is 11.8. The number of hydrogen-bond acceptors (Lipinski definition) is 2. The van der Waals surface area contributed by atoms with Gasteiger partial charge in [-0.1, -0.05) is 12.1 Å². The van der Waals surface area contributed by atoms with Gasteiger partial charge in [0.05, 0.1) is 11.6 Å². The molecule has 21 heavy (non-hydrogen) atoms. The Bertz CT molecular complexity index is 640. The van der Waals surface area contributed by atoms with Gasteiger partial charge in [0.25, 0.3) is 0 Å². The Kier molecular flexibility index (Phi) is 4.15. The lowest BCUT2D eigenvalue weighted by Crippen LogP contribution is -2.34. The van der Waals surface area contributed by atoms with E-state index in [2.05, 4.69) is 21.2 Å². The highest BCUT2D eigenvalue weighted by Crippen LogP contribution is 2.39. The molecule has 0 radical (unpaired) electrons.